The maximum Gasteiger partial charge on any atom is 0.133 e. The molecule has 2 rings (SSSR count). The molecule has 0 saturated carbocycles. The zero-order valence-corrected chi connectivity index (χ0v) is 12.8. The van der Waals surface area contributed by atoms with Gasteiger partial charge in [0.1, 0.15) is 11.9 Å². The van der Waals surface area contributed by atoms with E-state index in [1.165, 1.54) is 18.4 Å². The quantitative estimate of drug-likeness (QED) is 0.904. The number of benzene rings is 1. The molecule has 0 aromatic heterocycles. The molecule has 1 fully saturated rings. The summed E-state index contributed by atoms with van der Waals surface area (Å²) in [5, 5.41) is 3.37. The van der Waals surface area contributed by atoms with Crippen LogP contribution in [0.15, 0.2) is 22.7 Å². The third-order valence-corrected chi connectivity index (χ3v) is 4.30. The molecule has 1 heterocycles. The van der Waals surface area contributed by atoms with Crippen LogP contribution < -0.4 is 10.1 Å². The molecule has 2 nitrogen and oxygen atoms in total. The van der Waals surface area contributed by atoms with E-state index >= 15 is 0 Å². The highest BCUT2D eigenvalue weighted by molar-refractivity contribution is 9.10. The summed E-state index contributed by atoms with van der Waals surface area (Å²) in [4.78, 5) is 0. The van der Waals surface area contributed by atoms with Crippen molar-refractivity contribution in [1.82, 2.24) is 5.32 Å². The Morgan fingerprint density at radius 3 is 2.94 bits per heavy atom. The number of hydrogen-bond acceptors (Lipinski definition) is 2. The molecule has 0 radical (unpaired) electrons. The molecule has 0 amide bonds. The molecule has 1 aromatic rings. The van der Waals surface area contributed by atoms with Crippen LogP contribution in [-0.4, -0.2) is 19.2 Å². The average molecular weight is 312 g/mol. The van der Waals surface area contributed by atoms with Crippen LogP contribution >= 0.6 is 15.9 Å². The van der Waals surface area contributed by atoms with Gasteiger partial charge in [-0.1, -0.05) is 19.9 Å². The van der Waals surface area contributed by atoms with E-state index in [1.807, 2.05) is 0 Å². The molecular weight excluding hydrogens is 290 g/mol. The van der Waals surface area contributed by atoms with Gasteiger partial charge in [0.25, 0.3) is 0 Å². The summed E-state index contributed by atoms with van der Waals surface area (Å²) in [5.74, 6) is 1.57. The van der Waals surface area contributed by atoms with Gasteiger partial charge in [-0.3, -0.25) is 0 Å². The number of hydrogen-bond donors (Lipinski definition) is 1. The normalized spacial score (nSPS) is 21.6. The van der Waals surface area contributed by atoms with Crippen molar-refractivity contribution in [2.45, 2.75) is 45.1 Å². The summed E-state index contributed by atoms with van der Waals surface area (Å²) in [6.45, 7) is 6.55. The molecule has 0 spiro atoms. The number of rotatable bonds is 4. The molecule has 0 unspecified atom stereocenters. The Morgan fingerprint density at radius 2 is 2.33 bits per heavy atom. The minimum atomic E-state index is 0.310. The molecule has 0 aliphatic carbocycles. The Labute approximate surface area is 118 Å². The van der Waals surface area contributed by atoms with Gasteiger partial charge in [0.15, 0.2) is 0 Å². The lowest BCUT2D eigenvalue weighted by molar-refractivity contribution is 0.166. The van der Waals surface area contributed by atoms with Crippen LogP contribution in [-0.2, 0) is 0 Å². The Balaban J connectivity index is 2.04. The Hall–Kier alpha value is -0.540. The molecule has 1 aliphatic heterocycles. The van der Waals surface area contributed by atoms with Crippen LogP contribution in [0.3, 0.4) is 0 Å². The Morgan fingerprint density at radius 1 is 1.50 bits per heavy atom. The highest BCUT2D eigenvalue weighted by Crippen LogP contribution is 2.31. The first kappa shape index (κ1) is 13.9. The fourth-order valence-corrected chi connectivity index (χ4v) is 2.74. The standard InChI is InChI=1S/C15H22BrNO/c1-3-11(2)12-6-7-15(14(16)9-12)18-13-5-4-8-17-10-13/h6-7,9,11,13,17H,3-5,8,10H2,1-2H3/t11-,13-/m0/s1. The Bertz CT molecular complexity index is 388. The van der Waals surface area contributed by atoms with Crippen LogP contribution in [0.5, 0.6) is 5.75 Å². The first-order chi connectivity index (χ1) is 8.70. The van der Waals surface area contributed by atoms with Gasteiger partial charge < -0.3 is 10.1 Å². The Kier molecular flexibility index (Phi) is 5.07. The van der Waals surface area contributed by atoms with Crippen molar-refractivity contribution in [3.63, 3.8) is 0 Å². The lowest BCUT2D eigenvalue weighted by Gasteiger charge is -2.24. The zero-order chi connectivity index (χ0) is 13.0. The highest BCUT2D eigenvalue weighted by atomic mass is 79.9. The average Bonchev–Trinajstić information content (AvgIpc) is 2.41. The van der Waals surface area contributed by atoms with Crippen molar-refractivity contribution < 1.29 is 4.74 Å². The van der Waals surface area contributed by atoms with E-state index in [9.17, 15) is 0 Å². The van der Waals surface area contributed by atoms with Gasteiger partial charge in [-0.25, -0.2) is 0 Å². The summed E-state index contributed by atoms with van der Waals surface area (Å²) in [6, 6.07) is 6.48. The second kappa shape index (κ2) is 6.58. The summed E-state index contributed by atoms with van der Waals surface area (Å²) in [6.07, 6.45) is 3.82. The third-order valence-electron chi connectivity index (χ3n) is 3.68. The molecular formula is C15H22BrNO. The van der Waals surface area contributed by atoms with Crippen LogP contribution in [0.25, 0.3) is 0 Å². The van der Waals surface area contributed by atoms with E-state index < -0.39 is 0 Å². The molecule has 2 atom stereocenters. The second-order valence-electron chi connectivity index (χ2n) is 5.09. The summed E-state index contributed by atoms with van der Waals surface area (Å²) in [5.41, 5.74) is 1.37. The molecule has 18 heavy (non-hydrogen) atoms. The molecule has 1 aliphatic rings. The predicted octanol–water partition coefficient (Wildman–Crippen LogP) is 4.09. The molecule has 100 valence electrons. The maximum atomic E-state index is 6.05. The van der Waals surface area contributed by atoms with Gasteiger partial charge in [-0.2, -0.15) is 0 Å². The van der Waals surface area contributed by atoms with Crippen LogP contribution in [0, 0.1) is 0 Å². The fraction of sp³-hybridized carbons (Fsp3) is 0.600. The fourth-order valence-electron chi connectivity index (χ4n) is 2.25. The van der Waals surface area contributed by atoms with Crippen LogP contribution in [0.4, 0.5) is 0 Å². The van der Waals surface area contributed by atoms with Crippen molar-refractivity contribution in [2.75, 3.05) is 13.1 Å². The SMILES string of the molecule is CC[C@H](C)c1ccc(O[C@H]2CCCNC2)c(Br)c1. The van der Waals surface area contributed by atoms with E-state index in [0.717, 1.165) is 29.7 Å². The van der Waals surface area contributed by atoms with E-state index in [4.69, 9.17) is 4.74 Å². The van der Waals surface area contributed by atoms with Gasteiger partial charge in [0, 0.05) is 6.54 Å². The summed E-state index contributed by atoms with van der Waals surface area (Å²) in [7, 11) is 0. The van der Waals surface area contributed by atoms with Crippen molar-refractivity contribution >= 4 is 15.9 Å². The van der Waals surface area contributed by atoms with E-state index in [1.54, 1.807) is 0 Å². The first-order valence-electron chi connectivity index (χ1n) is 6.87. The monoisotopic (exact) mass is 311 g/mol. The number of halogens is 1. The van der Waals surface area contributed by atoms with E-state index in [-0.39, 0.29) is 0 Å². The van der Waals surface area contributed by atoms with Crippen LogP contribution in [0.2, 0.25) is 0 Å². The largest absolute Gasteiger partial charge is 0.488 e. The second-order valence-corrected chi connectivity index (χ2v) is 5.94. The first-order valence-corrected chi connectivity index (χ1v) is 7.66. The van der Waals surface area contributed by atoms with Gasteiger partial charge in [-0.15, -0.1) is 0 Å². The minimum Gasteiger partial charge on any atom is -0.488 e. The van der Waals surface area contributed by atoms with Gasteiger partial charge >= 0.3 is 0 Å². The smallest absolute Gasteiger partial charge is 0.133 e. The topological polar surface area (TPSA) is 21.3 Å². The maximum absolute atomic E-state index is 6.05. The summed E-state index contributed by atoms with van der Waals surface area (Å²) >= 11 is 3.63. The molecule has 1 aromatic carbocycles. The van der Waals surface area contributed by atoms with E-state index in [2.05, 4.69) is 53.3 Å². The van der Waals surface area contributed by atoms with Gasteiger partial charge in [0.05, 0.1) is 4.47 Å². The van der Waals surface area contributed by atoms with E-state index in [0.29, 0.717) is 12.0 Å². The van der Waals surface area contributed by atoms with Crippen molar-refractivity contribution in [2.24, 2.45) is 0 Å². The van der Waals surface area contributed by atoms with Gasteiger partial charge in [-0.05, 0) is 65.4 Å². The zero-order valence-electron chi connectivity index (χ0n) is 11.2. The van der Waals surface area contributed by atoms with Crippen molar-refractivity contribution in [1.29, 1.82) is 0 Å². The highest BCUT2D eigenvalue weighted by Gasteiger charge is 2.16. The van der Waals surface area contributed by atoms with Crippen molar-refractivity contribution in [3.8, 4) is 5.75 Å². The molecule has 0 bridgehead atoms. The van der Waals surface area contributed by atoms with Gasteiger partial charge in [0.2, 0.25) is 0 Å². The van der Waals surface area contributed by atoms with Crippen LogP contribution in [0.1, 0.15) is 44.6 Å². The molecule has 3 heteroatoms. The summed E-state index contributed by atoms with van der Waals surface area (Å²) < 4.78 is 7.12. The lowest BCUT2D eigenvalue weighted by atomic mass is 9.99. The predicted molar refractivity (Wildman–Crippen MR) is 79.4 cm³/mol. The number of ether oxygens (including phenoxy) is 1. The number of nitrogens with one attached hydrogen (secondary N) is 1. The molecule has 1 saturated heterocycles. The van der Waals surface area contributed by atoms with Crippen molar-refractivity contribution in [3.05, 3.63) is 28.2 Å². The number of piperidine rings is 1. The lowest BCUT2D eigenvalue weighted by Crippen LogP contribution is -2.37. The molecule has 1 N–H and O–H groups in total. The minimum absolute atomic E-state index is 0.310. The third kappa shape index (κ3) is 3.48.